The molecule has 0 fully saturated rings. The topological polar surface area (TPSA) is 66.0 Å². The number of fused-ring (bicyclic) bond motifs is 3. The van der Waals surface area contributed by atoms with Crippen molar-refractivity contribution in [3.8, 4) is 0 Å². The predicted octanol–water partition coefficient (Wildman–Crippen LogP) is 3.56. The van der Waals surface area contributed by atoms with Crippen LogP contribution in [0.4, 0.5) is 5.82 Å². The summed E-state index contributed by atoms with van der Waals surface area (Å²) in [5, 5.41) is 1.06. The zero-order valence-corrected chi connectivity index (χ0v) is 14.1. The lowest BCUT2D eigenvalue weighted by atomic mass is 10.1. The van der Waals surface area contributed by atoms with E-state index in [0.717, 1.165) is 40.7 Å². The summed E-state index contributed by atoms with van der Waals surface area (Å²) in [7, 11) is 1.68. The summed E-state index contributed by atoms with van der Waals surface area (Å²) in [5.41, 5.74) is 10.1. The minimum absolute atomic E-state index is 0.442. The molecule has 25 heavy (non-hydrogen) atoms. The van der Waals surface area contributed by atoms with E-state index in [-0.39, 0.29) is 0 Å². The second-order valence-corrected chi connectivity index (χ2v) is 6.06. The van der Waals surface area contributed by atoms with Gasteiger partial charge in [0.2, 0.25) is 0 Å². The van der Waals surface area contributed by atoms with Crippen molar-refractivity contribution in [2.75, 3.05) is 12.8 Å². The van der Waals surface area contributed by atoms with Crippen LogP contribution in [0.25, 0.3) is 21.9 Å². The Morgan fingerprint density at radius 2 is 1.76 bits per heavy atom. The molecule has 0 aliphatic heterocycles. The molecule has 0 amide bonds. The predicted molar refractivity (Wildman–Crippen MR) is 100 cm³/mol. The number of hydrogen-bond donors (Lipinski definition) is 1. The molecule has 0 spiro atoms. The highest BCUT2D eigenvalue weighted by Gasteiger charge is 2.17. The Morgan fingerprint density at radius 3 is 2.56 bits per heavy atom. The number of imidazole rings is 1. The van der Waals surface area contributed by atoms with Gasteiger partial charge in [-0.25, -0.2) is 9.97 Å². The maximum Gasteiger partial charge on any atom is 0.152 e. The molecule has 0 aliphatic rings. The van der Waals surface area contributed by atoms with Crippen molar-refractivity contribution in [1.82, 2.24) is 14.5 Å². The molecule has 2 heterocycles. The Balaban J connectivity index is 1.88. The molecule has 0 saturated heterocycles. The smallest absolute Gasteiger partial charge is 0.152 e. The van der Waals surface area contributed by atoms with Gasteiger partial charge in [0.1, 0.15) is 17.9 Å². The molecule has 0 unspecified atom stereocenters. The number of aromatic nitrogens is 3. The lowest BCUT2D eigenvalue weighted by molar-refractivity contribution is 0.174. The molecular formula is C20H20N4O. The number of para-hydroxylation sites is 1. The van der Waals surface area contributed by atoms with Crippen LogP contribution in [-0.2, 0) is 24.3 Å². The normalized spacial score (nSPS) is 11.4. The Morgan fingerprint density at radius 1 is 1.00 bits per heavy atom. The van der Waals surface area contributed by atoms with Crippen LogP contribution < -0.4 is 5.73 Å². The van der Waals surface area contributed by atoms with Gasteiger partial charge in [-0.05, 0) is 18.1 Å². The minimum Gasteiger partial charge on any atom is -0.382 e. The quantitative estimate of drug-likeness (QED) is 0.607. The molecule has 0 radical (unpaired) electrons. The molecule has 4 rings (SSSR count). The summed E-state index contributed by atoms with van der Waals surface area (Å²) in [6.07, 6.45) is 0.916. The van der Waals surface area contributed by atoms with E-state index in [2.05, 4.69) is 39.9 Å². The number of aryl methyl sites for hydroxylation is 2. The standard InChI is InChI=1S/C20H20N4O/c1-25-13-17-23-18-19(15-9-5-6-10-16(15)22-20(18)21)24(17)12-11-14-7-3-2-4-8-14/h2-10H,11-13H2,1H3,(H2,21,22). The summed E-state index contributed by atoms with van der Waals surface area (Å²) in [6.45, 7) is 1.25. The minimum atomic E-state index is 0.442. The van der Waals surface area contributed by atoms with Crippen LogP contribution >= 0.6 is 0 Å². The van der Waals surface area contributed by atoms with Crippen LogP contribution in [0.3, 0.4) is 0 Å². The van der Waals surface area contributed by atoms with Gasteiger partial charge < -0.3 is 15.0 Å². The number of benzene rings is 2. The highest BCUT2D eigenvalue weighted by atomic mass is 16.5. The third-order valence-corrected chi connectivity index (χ3v) is 4.43. The monoisotopic (exact) mass is 332 g/mol. The summed E-state index contributed by atoms with van der Waals surface area (Å²) in [4.78, 5) is 9.21. The van der Waals surface area contributed by atoms with Crippen LogP contribution in [0.1, 0.15) is 11.4 Å². The molecule has 5 nitrogen and oxygen atoms in total. The Kier molecular flexibility index (Phi) is 4.07. The largest absolute Gasteiger partial charge is 0.382 e. The molecule has 5 heteroatoms. The van der Waals surface area contributed by atoms with Crippen molar-refractivity contribution >= 4 is 27.8 Å². The van der Waals surface area contributed by atoms with Crippen LogP contribution in [0, 0.1) is 0 Å². The van der Waals surface area contributed by atoms with Gasteiger partial charge in [-0.2, -0.15) is 0 Å². The third-order valence-electron chi connectivity index (χ3n) is 4.43. The van der Waals surface area contributed by atoms with Crippen molar-refractivity contribution in [2.45, 2.75) is 19.6 Å². The first-order chi connectivity index (χ1) is 12.3. The number of hydrogen-bond acceptors (Lipinski definition) is 4. The van der Waals surface area contributed by atoms with Gasteiger partial charge in [-0.1, -0.05) is 48.5 Å². The van der Waals surface area contributed by atoms with E-state index in [9.17, 15) is 0 Å². The van der Waals surface area contributed by atoms with Gasteiger partial charge in [-0.15, -0.1) is 0 Å². The first kappa shape index (κ1) is 15.6. The maximum absolute atomic E-state index is 6.18. The zero-order valence-electron chi connectivity index (χ0n) is 14.1. The van der Waals surface area contributed by atoms with Crippen LogP contribution in [0.2, 0.25) is 0 Å². The van der Waals surface area contributed by atoms with Crippen LogP contribution in [-0.4, -0.2) is 21.6 Å². The number of ether oxygens (including phenoxy) is 1. The van der Waals surface area contributed by atoms with E-state index < -0.39 is 0 Å². The van der Waals surface area contributed by atoms with Crippen LogP contribution in [0.15, 0.2) is 54.6 Å². The lowest BCUT2D eigenvalue weighted by Gasteiger charge is -2.11. The molecular weight excluding hydrogens is 312 g/mol. The second kappa shape index (κ2) is 6.53. The Hall–Kier alpha value is -2.92. The van der Waals surface area contributed by atoms with E-state index in [0.29, 0.717) is 12.4 Å². The van der Waals surface area contributed by atoms with Crippen molar-refractivity contribution in [2.24, 2.45) is 0 Å². The highest BCUT2D eigenvalue weighted by molar-refractivity contribution is 6.06. The van der Waals surface area contributed by atoms with Crippen LogP contribution in [0.5, 0.6) is 0 Å². The number of methoxy groups -OCH3 is 1. The van der Waals surface area contributed by atoms with Gasteiger partial charge >= 0.3 is 0 Å². The van der Waals surface area contributed by atoms with Crippen molar-refractivity contribution in [1.29, 1.82) is 0 Å². The molecule has 4 aromatic rings. The molecule has 0 aliphatic carbocycles. The third kappa shape index (κ3) is 2.83. The van der Waals surface area contributed by atoms with Crippen molar-refractivity contribution in [3.63, 3.8) is 0 Å². The summed E-state index contributed by atoms with van der Waals surface area (Å²) in [6, 6.07) is 18.5. The summed E-state index contributed by atoms with van der Waals surface area (Å²) >= 11 is 0. The number of nitrogens with zero attached hydrogens (tertiary/aromatic N) is 3. The number of nitrogens with two attached hydrogens (primary N) is 1. The molecule has 0 atom stereocenters. The molecule has 0 bridgehead atoms. The van der Waals surface area contributed by atoms with E-state index in [1.165, 1.54) is 5.56 Å². The first-order valence-corrected chi connectivity index (χ1v) is 8.34. The van der Waals surface area contributed by atoms with E-state index >= 15 is 0 Å². The number of anilines is 1. The molecule has 2 aromatic heterocycles. The van der Waals surface area contributed by atoms with Crippen molar-refractivity contribution < 1.29 is 4.74 Å². The van der Waals surface area contributed by atoms with Gasteiger partial charge in [0, 0.05) is 19.0 Å². The van der Waals surface area contributed by atoms with Gasteiger partial charge in [0.05, 0.1) is 11.0 Å². The van der Waals surface area contributed by atoms with Gasteiger partial charge in [0.15, 0.2) is 5.82 Å². The number of nitrogen functional groups attached to an aromatic ring is 1. The lowest BCUT2D eigenvalue weighted by Crippen LogP contribution is -2.07. The zero-order chi connectivity index (χ0) is 17.2. The van der Waals surface area contributed by atoms with Crippen molar-refractivity contribution in [3.05, 3.63) is 66.0 Å². The Bertz CT molecular complexity index is 1020. The van der Waals surface area contributed by atoms with Gasteiger partial charge in [-0.3, -0.25) is 0 Å². The average Bonchev–Trinajstić information content (AvgIpc) is 3.00. The number of pyridine rings is 1. The molecule has 2 N–H and O–H groups in total. The fourth-order valence-corrected chi connectivity index (χ4v) is 3.27. The second-order valence-electron chi connectivity index (χ2n) is 6.06. The molecule has 0 saturated carbocycles. The first-order valence-electron chi connectivity index (χ1n) is 8.34. The number of rotatable bonds is 5. The summed E-state index contributed by atoms with van der Waals surface area (Å²) in [5.74, 6) is 1.34. The fraction of sp³-hybridized carbons (Fsp3) is 0.200. The molecule has 126 valence electrons. The average molecular weight is 332 g/mol. The van der Waals surface area contributed by atoms with E-state index in [4.69, 9.17) is 15.5 Å². The Labute approximate surface area is 146 Å². The van der Waals surface area contributed by atoms with Gasteiger partial charge in [0.25, 0.3) is 0 Å². The van der Waals surface area contributed by atoms with E-state index in [1.807, 2.05) is 24.3 Å². The van der Waals surface area contributed by atoms with E-state index in [1.54, 1.807) is 7.11 Å². The molecule has 2 aromatic carbocycles. The fourth-order valence-electron chi connectivity index (χ4n) is 3.27. The highest BCUT2D eigenvalue weighted by Crippen LogP contribution is 2.29. The maximum atomic E-state index is 6.18. The summed E-state index contributed by atoms with van der Waals surface area (Å²) < 4.78 is 7.57. The SMILES string of the molecule is COCc1nc2c(N)nc3ccccc3c2n1CCc1ccccc1.